The molecule has 0 atom stereocenters. The number of benzene rings is 1. The van der Waals surface area contributed by atoms with Gasteiger partial charge in [-0.05, 0) is 31.4 Å². The first-order valence-corrected chi connectivity index (χ1v) is 8.99. The second-order valence-corrected chi connectivity index (χ2v) is 6.83. The van der Waals surface area contributed by atoms with Crippen molar-refractivity contribution in [2.75, 3.05) is 6.61 Å². The third kappa shape index (κ3) is 4.35. The summed E-state index contributed by atoms with van der Waals surface area (Å²) in [6.07, 6.45) is 6.71. The second kappa shape index (κ2) is 7.64. The van der Waals surface area contributed by atoms with Crippen LogP contribution in [0.15, 0.2) is 47.6 Å². The van der Waals surface area contributed by atoms with Gasteiger partial charge in [-0.25, -0.2) is 9.67 Å². The molecule has 0 radical (unpaired) electrons. The van der Waals surface area contributed by atoms with Crippen molar-refractivity contribution in [3.05, 3.63) is 48.0 Å². The summed E-state index contributed by atoms with van der Waals surface area (Å²) < 4.78 is 7.69. The standard InChI is InChI=1S/C20H25N3O2/c1-3-4-8-13-25-18-14-16(22-19(24)20(2)11-12-20)15-21-23(18)17-9-6-5-7-10-17/h5-7,9-10,14-15H,3-4,8,11-13H2,1-2H3/b22-16+. The van der Waals surface area contributed by atoms with Crippen molar-refractivity contribution in [3.63, 3.8) is 0 Å². The van der Waals surface area contributed by atoms with Crippen molar-refractivity contribution in [2.24, 2.45) is 10.4 Å². The lowest BCUT2D eigenvalue weighted by atomic mass is 10.1. The molecule has 0 unspecified atom stereocenters. The molecule has 0 bridgehead atoms. The van der Waals surface area contributed by atoms with Gasteiger partial charge in [0.2, 0.25) is 5.88 Å². The fourth-order valence-corrected chi connectivity index (χ4v) is 2.51. The number of carbonyl (C=O) groups excluding carboxylic acids is 1. The van der Waals surface area contributed by atoms with Crippen LogP contribution in [0.25, 0.3) is 5.69 Å². The Hall–Kier alpha value is -2.43. The van der Waals surface area contributed by atoms with Crippen LogP contribution in [0, 0.1) is 5.41 Å². The predicted octanol–water partition coefficient (Wildman–Crippen LogP) is 3.67. The normalized spacial score (nSPS) is 15.8. The van der Waals surface area contributed by atoms with E-state index in [1.54, 1.807) is 16.9 Å². The number of hydrogen-bond acceptors (Lipinski definition) is 3. The Labute approximate surface area is 148 Å². The summed E-state index contributed by atoms with van der Waals surface area (Å²) in [5.41, 5.74) is 0.646. The molecule has 1 fully saturated rings. The fraction of sp³-hybridized carbons (Fsp3) is 0.450. The third-order valence-corrected chi connectivity index (χ3v) is 4.53. The minimum atomic E-state index is -0.270. The van der Waals surface area contributed by atoms with E-state index in [2.05, 4.69) is 17.0 Å². The number of para-hydroxylation sites is 1. The van der Waals surface area contributed by atoms with Gasteiger partial charge in [0.25, 0.3) is 5.91 Å². The Bertz CT molecular complexity index is 792. The molecule has 1 saturated carbocycles. The summed E-state index contributed by atoms with van der Waals surface area (Å²) in [4.78, 5) is 16.5. The zero-order valence-corrected chi connectivity index (χ0v) is 14.9. The van der Waals surface area contributed by atoms with Crippen LogP contribution in [-0.4, -0.2) is 22.3 Å². The molecule has 1 heterocycles. The van der Waals surface area contributed by atoms with Crippen LogP contribution < -0.4 is 10.1 Å². The van der Waals surface area contributed by atoms with Crippen LogP contribution >= 0.6 is 0 Å². The maximum absolute atomic E-state index is 12.2. The van der Waals surface area contributed by atoms with E-state index in [0.29, 0.717) is 17.8 Å². The van der Waals surface area contributed by atoms with E-state index in [-0.39, 0.29) is 11.3 Å². The van der Waals surface area contributed by atoms with E-state index < -0.39 is 0 Å². The zero-order chi connectivity index (χ0) is 17.7. The van der Waals surface area contributed by atoms with E-state index in [4.69, 9.17) is 4.74 Å². The van der Waals surface area contributed by atoms with Gasteiger partial charge in [-0.1, -0.05) is 44.9 Å². The summed E-state index contributed by atoms with van der Waals surface area (Å²) in [5.74, 6) is 0.543. The fourth-order valence-electron chi connectivity index (χ4n) is 2.51. The van der Waals surface area contributed by atoms with E-state index in [1.807, 2.05) is 37.3 Å². The van der Waals surface area contributed by atoms with Crippen molar-refractivity contribution < 1.29 is 9.53 Å². The molecular weight excluding hydrogens is 314 g/mol. The van der Waals surface area contributed by atoms with Gasteiger partial charge in [0.05, 0.1) is 23.8 Å². The first kappa shape index (κ1) is 17.4. The molecule has 0 spiro atoms. The van der Waals surface area contributed by atoms with Gasteiger partial charge in [0.15, 0.2) is 0 Å². The monoisotopic (exact) mass is 339 g/mol. The molecule has 1 amide bonds. The van der Waals surface area contributed by atoms with Crippen LogP contribution in [0.2, 0.25) is 0 Å². The van der Waals surface area contributed by atoms with Crippen LogP contribution in [0.5, 0.6) is 5.88 Å². The smallest absolute Gasteiger partial charge is 0.252 e. The first-order chi connectivity index (χ1) is 12.1. The lowest BCUT2D eigenvalue weighted by molar-refractivity contribution is -0.122. The molecule has 3 rings (SSSR count). The molecule has 2 aromatic rings. The average Bonchev–Trinajstić information content (AvgIpc) is 3.39. The van der Waals surface area contributed by atoms with Crippen LogP contribution in [0.1, 0.15) is 46.0 Å². The number of nitrogens with zero attached hydrogens (tertiary/aromatic N) is 3. The predicted molar refractivity (Wildman–Crippen MR) is 96.5 cm³/mol. The molecule has 1 aliphatic rings. The summed E-state index contributed by atoms with van der Waals surface area (Å²) in [5, 5.41) is 5.00. The summed E-state index contributed by atoms with van der Waals surface area (Å²) in [7, 11) is 0. The number of unbranched alkanes of at least 4 members (excludes halogenated alkanes) is 2. The molecule has 25 heavy (non-hydrogen) atoms. The minimum Gasteiger partial charge on any atom is -0.478 e. The summed E-state index contributed by atoms with van der Waals surface area (Å²) in [6, 6.07) is 11.6. The quantitative estimate of drug-likeness (QED) is 0.723. The van der Waals surface area contributed by atoms with Gasteiger partial charge in [0.1, 0.15) is 0 Å². The number of amides is 1. The van der Waals surface area contributed by atoms with Gasteiger partial charge in [-0.2, -0.15) is 5.10 Å². The van der Waals surface area contributed by atoms with E-state index in [1.165, 1.54) is 0 Å². The highest BCUT2D eigenvalue weighted by atomic mass is 16.5. The van der Waals surface area contributed by atoms with Crippen molar-refractivity contribution in [1.82, 2.24) is 9.78 Å². The van der Waals surface area contributed by atoms with Gasteiger partial charge in [-0.15, -0.1) is 0 Å². The van der Waals surface area contributed by atoms with Crippen molar-refractivity contribution in [2.45, 2.75) is 46.0 Å². The highest BCUT2D eigenvalue weighted by molar-refractivity contribution is 5.85. The van der Waals surface area contributed by atoms with Gasteiger partial charge >= 0.3 is 0 Å². The molecule has 1 aromatic heterocycles. The molecule has 0 aliphatic heterocycles. The maximum Gasteiger partial charge on any atom is 0.252 e. The van der Waals surface area contributed by atoms with Crippen molar-refractivity contribution in [1.29, 1.82) is 0 Å². The molecule has 0 saturated heterocycles. The molecule has 5 nitrogen and oxygen atoms in total. The average molecular weight is 339 g/mol. The Morgan fingerprint density at radius 3 is 2.72 bits per heavy atom. The van der Waals surface area contributed by atoms with Gasteiger partial charge < -0.3 is 4.74 Å². The van der Waals surface area contributed by atoms with Crippen LogP contribution in [0.3, 0.4) is 0 Å². The molecule has 1 aliphatic carbocycles. The Kier molecular flexibility index (Phi) is 5.31. The molecule has 1 aromatic carbocycles. The van der Waals surface area contributed by atoms with E-state index in [0.717, 1.165) is 37.8 Å². The summed E-state index contributed by atoms with van der Waals surface area (Å²) in [6.45, 7) is 4.74. The molecule has 0 N–H and O–H groups in total. The number of ether oxygens (including phenoxy) is 1. The largest absolute Gasteiger partial charge is 0.478 e. The Morgan fingerprint density at radius 1 is 1.28 bits per heavy atom. The van der Waals surface area contributed by atoms with Crippen molar-refractivity contribution >= 4 is 5.91 Å². The number of hydrogen-bond donors (Lipinski definition) is 0. The Morgan fingerprint density at radius 2 is 2.04 bits per heavy atom. The van der Waals surface area contributed by atoms with Crippen LogP contribution in [-0.2, 0) is 4.79 Å². The van der Waals surface area contributed by atoms with Crippen LogP contribution in [0.4, 0.5) is 0 Å². The first-order valence-electron chi connectivity index (χ1n) is 8.99. The number of rotatable bonds is 7. The highest BCUT2D eigenvalue weighted by Gasteiger charge is 2.44. The number of aromatic nitrogens is 2. The summed E-state index contributed by atoms with van der Waals surface area (Å²) >= 11 is 0. The topological polar surface area (TPSA) is 56.5 Å². The van der Waals surface area contributed by atoms with E-state index in [9.17, 15) is 4.79 Å². The SMILES string of the molecule is CCCCCOc1c/c(=N\C(=O)C2(C)CC2)cnn1-c1ccccc1. The van der Waals surface area contributed by atoms with Gasteiger partial charge in [-0.3, -0.25) is 4.79 Å². The molecular formula is C20H25N3O2. The zero-order valence-electron chi connectivity index (χ0n) is 14.9. The lowest BCUT2D eigenvalue weighted by Gasteiger charge is -2.13. The second-order valence-electron chi connectivity index (χ2n) is 6.83. The maximum atomic E-state index is 12.2. The van der Waals surface area contributed by atoms with Gasteiger partial charge in [0, 0.05) is 11.5 Å². The molecule has 132 valence electrons. The van der Waals surface area contributed by atoms with E-state index >= 15 is 0 Å². The number of carbonyl (C=O) groups is 1. The third-order valence-electron chi connectivity index (χ3n) is 4.53. The minimum absolute atomic E-state index is 0.0660. The highest BCUT2D eigenvalue weighted by Crippen LogP contribution is 2.45. The van der Waals surface area contributed by atoms with Crippen molar-refractivity contribution in [3.8, 4) is 11.6 Å². The molecule has 5 heteroatoms. The lowest BCUT2D eigenvalue weighted by Crippen LogP contribution is -2.18. The Balaban J connectivity index is 1.90.